The van der Waals surface area contributed by atoms with E-state index in [1.807, 2.05) is 0 Å². The number of carbonyl (C=O) groups excluding carboxylic acids is 1. The fraction of sp³-hybridized carbons (Fsp3) is 0.860. The highest BCUT2D eigenvalue weighted by molar-refractivity contribution is 7.73. The third-order valence-electron chi connectivity index (χ3n) is 10.3. The number of unbranched alkanes of at least 4 members (excludes halogenated alkanes) is 18. The summed E-state index contributed by atoms with van der Waals surface area (Å²) < 4.78 is 0. The van der Waals surface area contributed by atoms with Crippen LogP contribution >= 0.6 is 6.89 Å². The van der Waals surface area contributed by atoms with Gasteiger partial charge in [-0.25, -0.2) is 0 Å². The van der Waals surface area contributed by atoms with Crippen molar-refractivity contribution in [3.8, 4) is 0 Å². The molecule has 1 nitrogen and oxygen atoms in total. The summed E-state index contributed by atoms with van der Waals surface area (Å²) >= 11 is 0. The van der Waals surface area contributed by atoms with Crippen molar-refractivity contribution in [3.63, 3.8) is 0 Å². The van der Waals surface area contributed by atoms with Crippen molar-refractivity contribution in [2.75, 3.05) is 19.0 Å². The Kier molecular flexibility index (Phi) is 30.4. The van der Waals surface area contributed by atoms with E-state index in [-0.39, 0.29) is 0 Å². The fourth-order valence-corrected chi connectivity index (χ4v) is 9.01. The predicted molar refractivity (Wildman–Crippen MR) is 212 cm³/mol. The molecule has 0 saturated heterocycles. The molecule has 0 aliphatic carbocycles. The van der Waals surface area contributed by atoms with Crippen molar-refractivity contribution < 1.29 is 4.79 Å². The topological polar surface area (TPSA) is 17.1 Å². The molecule has 0 spiro atoms. The molecule has 0 amide bonds. The second-order valence-corrected chi connectivity index (χ2v) is 19.7. The smallest absolute Gasteiger partial charge is 0.132 e. The molecule has 0 aliphatic rings. The van der Waals surface area contributed by atoms with Crippen molar-refractivity contribution in [3.05, 3.63) is 24.3 Å². The van der Waals surface area contributed by atoms with E-state index in [4.69, 9.17) is 6.30 Å². The molecule has 0 fully saturated rings. The molecular weight excluding hydrogens is 563 g/mol. The van der Waals surface area contributed by atoms with E-state index in [0.29, 0.717) is 17.6 Å². The summed E-state index contributed by atoms with van der Waals surface area (Å²) in [5.74, 6) is 1.73. The predicted octanol–water partition coefficient (Wildman–Crippen LogP) is 15.0. The molecule has 266 valence electrons. The van der Waals surface area contributed by atoms with Crippen molar-refractivity contribution in [2.45, 2.75) is 207 Å². The highest BCUT2D eigenvalue weighted by Gasteiger charge is 2.21. The lowest BCUT2D eigenvalue weighted by Gasteiger charge is -2.28. The first-order valence-electron chi connectivity index (χ1n) is 20.1. The van der Waals surface area contributed by atoms with E-state index in [1.54, 1.807) is 0 Å². The largest absolute Gasteiger partial charge is 0.300 e. The first-order chi connectivity index (χ1) is 21.6. The Hall–Kier alpha value is -0.550. The second-order valence-electron chi connectivity index (χ2n) is 15.5. The van der Waals surface area contributed by atoms with E-state index in [1.165, 1.54) is 165 Å². The third kappa shape index (κ3) is 30.5. The molecule has 0 aromatic heterocycles. The minimum absolute atomic E-state index is 0.501. The summed E-state index contributed by atoms with van der Waals surface area (Å²) in [4.78, 5) is 12.9. The average Bonchev–Trinajstić information content (AvgIpc) is 2.99. The minimum atomic E-state index is -1.11. The van der Waals surface area contributed by atoms with Gasteiger partial charge in [0, 0.05) is 12.8 Å². The molecule has 0 aromatic rings. The quantitative estimate of drug-likeness (QED) is 0.0380. The Labute approximate surface area is 285 Å². The van der Waals surface area contributed by atoms with Crippen LogP contribution in [0.3, 0.4) is 0 Å². The third-order valence-corrected chi connectivity index (χ3v) is 13.0. The van der Waals surface area contributed by atoms with Crippen LogP contribution in [0.2, 0.25) is 0 Å². The van der Waals surface area contributed by atoms with Gasteiger partial charge in [0.2, 0.25) is 0 Å². The lowest BCUT2D eigenvalue weighted by molar-refractivity contribution is -0.119. The minimum Gasteiger partial charge on any atom is -0.300 e. The number of carbonyl (C=O) groups is 1. The van der Waals surface area contributed by atoms with Gasteiger partial charge in [-0.05, 0) is 89.1 Å². The van der Waals surface area contributed by atoms with Gasteiger partial charge in [0.25, 0.3) is 0 Å². The zero-order chi connectivity index (χ0) is 33.6. The molecule has 0 N–H and O–H groups in total. The molecule has 2 heteroatoms. The molecule has 45 heavy (non-hydrogen) atoms. The zero-order valence-electron chi connectivity index (χ0n) is 31.8. The normalized spacial score (nSPS) is 14.2. The van der Waals surface area contributed by atoms with Crippen LogP contribution in [-0.4, -0.2) is 31.1 Å². The highest BCUT2D eigenvalue weighted by atomic mass is 31.2. The zero-order valence-corrected chi connectivity index (χ0v) is 32.7. The summed E-state index contributed by atoms with van der Waals surface area (Å²) in [6, 6.07) is 0. The van der Waals surface area contributed by atoms with Gasteiger partial charge >= 0.3 is 0 Å². The maximum absolute atomic E-state index is 12.9. The number of ketones is 1. The Bertz CT molecular complexity index is 764. The van der Waals surface area contributed by atoms with Crippen molar-refractivity contribution >= 4 is 19.0 Å². The number of hydrogen-bond acceptors (Lipinski definition) is 1. The van der Waals surface area contributed by atoms with Crippen LogP contribution in [0.1, 0.15) is 207 Å². The number of allylic oxidation sites excluding steroid dienone is 2. The maximum atomic E-state index is 12.9. The van der Waals surface area contributed by atoms with Gasteiger partial charge < -0.3 is 0 Å². The van der Waals surface area contributed by atoms with Crippen molar-refractivity contribution in [1.29, 1.82) is 0 Å². The first kappa shape index (κ1) is 44.5. The number of rotatable bonds is 35. The maximum Gasteiger partial charge on any atom is 0.132 e. The molecule has 0 saturated carbocycles. The molecule has 0 radical (unpaired) electrons. The van der Waals surface area contributed by atoms with Crippen molar-refractivity contribution in [1.82, 2.24) is 0 Å². The van der Waals surface area contributed by atoms with Gasteiger partial charge in [-0.1, -0.05) is 154 Å². The fourth-order valence-electron chi connectivity index (χ4n) is 6.83. The SMILES string of the molecule is C=C(C)CCCP(=C)(C)CC[C@@H](C)C(CCC(=O)CCCCCCCCCCCCCCCCC)CC(=C)CCCCCCC. The van der Waals surface area contributed by atoms with Crippen LogP contribution in [0.4, 0.5) is 0 Å². The Balaban J connectivity index is 4.36. The van der Waals surface area contributed by atoms with Crippen LogP contribution in [0, 0.1) is 11.8 Å². The summed E-state index contributed by atoms with van der Waals surface area (Å²) in [5.41, 5.74) is 2.72. The van der Waals surface area contributed by atoms with Gasteiger partial charge in [0.15, 0.2) is 0 Å². The van der Waals surface area contributed by atoms with Crippen LogP contribution in [-0.2, 0) is 4.79 Å². The number of Topliss-reactive ketones (excluding diaryl/α,β-unsaturated/α-hetero) is 1. The van der Waals surface area contributed by atoms with E-state index in [2.05, 4.69) is 47.5 Å². The molecule has 0 aliphatic heterocycles. The van der Waals surface area contributed by atoms with Crippen LogP contribution in [0.15, 0.2) is 24.3 Å². The molecule has 0 aromatic carbocycles. The van der Waals surface area contributed by atoms with E-state index in [0.717, 1.165) is 38.5 Å². The van der Waals surface area contributed by atoms with Gasteiger partial charge in [-0.2, -0.15) is 0 Å². The standard InChI is InChI=1S/C43H83OP/c1-9-11-13-15-16-17-18-19-20-21-22-23-24-26-28-32-43(44)34-33-42(38-40(5)31-27-25-14-12-10-2)41(6)35-37-45(7,8)36-29-30-39(3)4/h41-42H,3,5,7,9-38H2,1-2,4,6,8H3/t41-,42?,45?/m1/s1. The van der Waals surface area contributed by atoms with Crippen LogP contribution < -0.4 is 0 Å². The van der Waals surface area contributed by atoms with E-state index >= 15 is 0 Å². The average molecular weight is 647 g/mol. The van der Waals surface area contributed by atoms with Gasteiger partial charge in [0.05, 0.1) is 0 Å². The molecule has 0 bridgehead atoms. The Morgan fingerprint density at radius 2 is 1.02 bits per heavy atom. The molecule has 3 atom stereocenters. The molecule has 2 unspecified atom stereocenters. The molecular formula is C43H83OP. The number of hydrogen-bond donors (Lipinski definition) is 0. The van der Waals surface area contributed by atoms with Crippen LogP contribution in [0.5, 0.6) is 0 Å². The highest BCUT2D eigenvalue weighted by Crippen LogP contribution is 2.44. The van der Waals surface area contributed by atoms with Crippen LogP contribution in [0.25, 0.3) is 0 Å². The molecule has 0 rings (SSSR count). The summed E-state index contributed by atoms with van der Waals surface area (Å²) in [6.07, 6.45) is 43.0. The molecule has 0 heterocycles. The van der Waals surface area contributed by atoms with Gasteiger partial charge in [0.1, 0.15) is 5.78 Å². The first-order valence-corrected chi connectivity index (χ1v) is 22.9. The van der Waals surface area contributed by atoms with Gasteiger partial charge in [-0.3, -0.25) is 4.79 Å². The summed E-state index contributed by atoms with van der Waals surface area (Å²) in [6.45, 7) is 19.1. The monoisotopic (exact) mass is 647 g/mol. The summed E-state index contributed by atoms with van der Waals surface area (Å²) in [7, 11) is 0. The van der Waals surface area contributed by atoms with E-state index in [9.17, 15) is 4.79 Å². The van der Waals surface area contributed by atoms with E-state index < -0.39 is 6.89 Å². The van der Waals surface area contributed by atoms with Gasteiger partial charge in [-0.15, -0.1) is 19.8 Å². The second kappa shape index (κ2) is 30.8. The lowest BCUT2D eigenvalue weighted by Crippen LogP contribution is -2.16. The van der Waals surface area contributed by atoms with Crippen molar-refractivity contribution in [2.24, 2.45) is 11.8 Å². The Morgan fingerprint density at radius 3 is 1.49 bits per heavy atom. The summed E-state index contributed by atoms with van der Waals surface area (Å²) in [5, 5.41) is 0. The Morgan fingerprint density at radius 1 is 0.578 bits per heavy atom. The lowest BCUT2D eigenvalue weighted by atomic mass is 9.81.